The summed E-state index contributed by atoms with van der Waals surface area (Å²) >= 11 is 0. The van der Waals surface area contributed by atoms with Gasteiger partial charge in [-0.2, -0.15) is 0 Å². The second-order valence-electron chi connectivity index (χ2n) is 12.3. The number of hydrogen-bond donors (Lipinski definition) is 0. The standard InChI is InChI=1S/C36H35N3O2.C6H6/c1-21-16-25(5)33(26(6)17-21)38-31(20-37-32-23(3)12-11-13-24(32)4)39(34-27(7)18-22(2)19-28(34)8)36(41)30-15-10-9-14-29(30)35(38)40;1-2-4-6-5-3-1/h9-19H,1-8H3;1-6H. The number of fused-ring (bicyclic) bond motifs is 1. The van der Waals surface area contributed by atoms with Gasteiger partial charge < -0.3 is 0 Å². The highest BCUT2D eigenvalue weighted by Crippen LogP contribution is 2.39. The van der Waals surface area contributed by atoms with Crippen LogP contribution in [0.1, 0.15) is 65.2 Å². The fourth-order valence-corrected chi connectivity index (χ4v) is 6.43. The SMILES string of the molecule is Cc1cc(C)c(N2C(=O)c3ccccc3C(=O)N(c3c(C)cc(C)cc3C)C2=C=Nc2c(C)cccc2C)c(C)c1.c1ccccc1. The van der Waals surface area contributed by atoms with E-state index in [-0.39, 0.29) is 17.6 Å². The predicted octanol–water partition coefficient (Wildman–Crippen LogP) is 9.99. The van der Waals surface area contributed by atoms with E-state index >= 15 is 0 Å². The Morgan fingerprint density at radius 2 is 0.830 bits per heavy atom. The van der Waals surface area contributed by atoms with Gasteiger partial charge >= 0.3 is 0 Å². The summed E-state index contributed by atoms with van der Waals surface area (Å²) in [4.78, 5) is 37.2. The summed E-state index contributed by atoms with van der Waals surface area (Å²) in [6.07, 6.45) is 0. The van der Waals surface area contributed by atoms with Crippen molar-refractivity contribution in [2.24, 2.45) is 4.99 Å². The van der Waals surface area contributed by atoms with Crippen LogP contribution in [0.15, 0.2) is 114 Å². The molecule has 5 aromatic carbocycles. The lowest BCUT2D eigenvalue weighted by Crippen LogP contribution is -2.41. The Morgan fingerprint density at radius 1 is 0.468 bits per heavy atom. The van der Waals surface area contributed by atoms with E-state index < -0.39 is 0 Å². The van der Waals surface area contributed by atoms with E-state index in [1.54, 1.807) is 34.1 Å². The van der Waals surface area contributed by atoms with E-state index in [9.17, 15) is 9.59 Å². The Kier molecular flexibility index (Phi) is 9.70. The molecule has 5 heteroatoms. The molecule has 1 aliphatic rings. The Morgan fingerprint density at radius 3 is 1.19 bits per heavy atom. The lowest BCUT2D eigenvalue weighted by atomic mass is 10.0. The van der Waals surface area contributed by atoms with Gasteiger partial charge in [0.25, 0.3) is 11.8 Å². The molecule has 1 aliphatic heterocycles. The molecule has 0 N–H and O–H groups in total. The summed E-state index contributed by atoms with van der Waals surface area (Å²) in [5.41, 5.74) is 10.7. The molecular formula is C42H41N3O2. The Bertz CT molecular complexity index is 1860. The van der Waals surface area contributed by atoms with Gasteiger partial charge in [0.15, 0.2) is 5.82 Å². The number of benzene rings is 5. The number of anilines is 2. The predicted molar refractivity (Wildman–Crippen MR) is 194 cm³/mol. The third kappa shape index (κ3) is 6.72. The van der Waals surface area contributed by atoms with Crippen LogP contribution in [0.4, 0.5) is 17.1 Å². The molecule has 47 heavy (non-hydrogen) atoms. The molecule has 1 heterocycles. The molecule has 0 unspecified atom stereocenters. The molecular weight excluding hydrogens is 578 g/mol. The van der Waals surface area contributed by atoms with Crippen molar-refractivity contribution in [3.63, 3.8) is 0 Å². The zero-order valence-corrected chi connectivity index (χ0v) is 28.5. The second kappa shape index (κ2) is 13.9. The summed E-state index contributed by atoms with van der Waals surface area (Å²) in [5.74, 6) is 2.91. The molecule has 0 saturated heterocycles. The smallest absolute Gasteiger partial charge is 0.265 e. The van der Waals surface area contributed by atoms with Crippen molar-refractivity contribution >= 4 is 34.7 Å². The van der Waals surface area contributed by atoms with E-state index in [1.807, 2.05) is 110 Å². The average molecular weight is 620 g/mol. The maximum absolute atomic E-state index is 14.6. The minimum absolute atomic E-state index is 0.268. The minimum atomic E-state index is -0.298. The van der Waals surface area contributed by atoms with Crippen molar-refractivity contribution in [1.82, 2.24) is 0 Å². The van der Waals surface area contributed by atoms with Crippen LogP contribution in [0.3, 0.4) is 0 Å². The van der Waals surface area contributed by atoms with Gasteiger partial charge in [-0.3, -0.25) is 19.4 Å². The molecule has 0 aromatic heterocycles. The average Bonchev–Trinajstić information content (AvgIpc) is 3.11. The number of rotatable bonds is 3. The molecule has 2 amide bonds. The van der Waals surface area contributed by atoms with Crippen LogP contribution >= 0.6 is 0 Å². The molecule has 5 aromatic rings. The number of carbonyl (C=O) groups is 2. The molecule has 0 radical (unpaired) electrons. The van der Waals surface area contributed by atoms with Gasteiger partial charge in [-0.1, -0.05) is 102 Å². The molecule has 5 nitrogen and oxygen atoms in total. The summed E-state index contributed by atoms with van der Waals surface area (Å²) in [6.45, 7) is 16.0. The maximum Gasteiger partial charge on any atom is 0.265 e. The maximum atomic E-state index is 14.6. The summed E-state index contributed by atoms with van der Waals surface area (Å²) in [6, 6.07) is 33.2. The number of hydrogen-bond acceptors (Lipinski definition) is 3. The first kappa shape index (κ1) is 32.9. The number of para-hydroxylation sites is 1. The molecule has 0 spiro atoms. The molecule has 6 rings (SSSR count). The van der Waals surface area contributed by atoms with Crippen molar-refractivity contribution < 1.29 is 9.59 Å². The van der Waals surface area contributed by atoms with Gasteiger partial charge in [0, 0.05) is 5.87 Å². The molecule has 0 saturated carbocycles. The zero-order valence-electron chi connectivity index (χ0n) is 28.5. The van der Waals surface area contributed by atoms with E-state index in [0.717, 1.165) is 61.6 Å². The quantitative estimate of drug-likeness (QED) is 0.189. The molecule has 0 atom stereocenters. The highest BCUT2D eigenvalue weighted by atomic mass is 16.2. The summed E-state index contributed by atoms with van der Waals surface area (Å²) in [7, 11) is 0. The lowest BCUT2D eigenvalue weighted by Gasteiger charge is -2.32. The van der Waals surface area contributed by atoms with Gasteiger partial charge in [0.05, 0.1) is 28.2 Å². The first-order valence-electron chi connectivity index (χ1n) is 15.8. The third-order valence-corrected chi connectivity index (χ3v) is 8.31. The number of aliphatic imine (C=N–C) groups is 1. The summed E-state index contributed by atoms with van der Waals surface area (Å²) in [5, 5.41) is 0. The van der Waals surface area contributed by atoms with Crippen molar-refractivity contribution in [1.29, 1.82) is 0 Å². The topological polar surface area (TPSA) is 53.0 Å². The molecule has 236 valence electrons. The van der Waals surface area contributed by atoms with Crippen molar-refractivity contribution in [2.45, 2.75) is 55.4 Å². The van der Waals surface area contributed by atoms with Crippen LogP contribution in [0, 0.1) is 55.4 Å². The van der Waals surface area contributed by atoms with Crippen LogP contribution in [-0.2, 0) is 0 Å². The monoisotopic (exact) mass is 619 g/mol. The lowest BCUT2D eigenvalue weighted by molar-refractivity contribution is 0.0982. The Labute approximate surface area is 278 Å². The van der Waals surface area contributed by atoms with E-state index in [2.05, 4.69) is 30.1 Å². The van der Waals surface area contributed by atoms with Crippen LogP contribution in [0.2, 0.25) is 0 Å². The van der Waals surface area contributed by atoms with E-state index in [0.29, 0.717) is 11.1 Å². The highest BCUT2D eigenvalue weighted by Gasteiger charge is 2.39. The third-order valence-electron chi connectivity index (χ3n) is 8.31. The van der Waals surface area contributed by atoms with Crippen molar-refractivity contribution in [3.8, 4) is 0 Å². The van der Waals surface area contributed by atoms with Gasteiger partial charge in [0.2, 0.25) is 0 Å². The largest absolute Gasteiger partial charge is 0.268 e. The first-order chi connectivity index (χ1) is 22.5. The van der Waals surface area contributed by atoms with Gasteiger partial charge in [0.1, 0.15) is 0 Å². The first-order valence-corrected chi connectivity index (χ1v) is 15.8. The van der Waals surface area contributed by atoms with Crippen LogP contribution in [-0.4, -0.2) is 17.7 Å². The fraction of sp³-hybridized carbons (Fsp3) is 0.190. The normalized spacial score (nSPS) is 12.6. The fourth-order valence-electron chi connectivity index (χ4n) is 6.43. The summed E-state index contributed by atoms with van der Waals surface area (Å²) < 4.78 is 0. The van der Waals surface area contributed by atoms with E-state index in [4.69, 9.17) is 4.99 Å². The Hall–Kier alpha value is -5.51. The van der Waals surface area contributed by atoms with Crippen molar-refractivity contribution in [2.75, 3.05) is 9.80 Å². The highest BCUT2D eigenvalue weighted by molar-refractivity contribution is 6.24. The Balaban J connectivity index is 0.000000650. The number of carbonyl (C=O) groups excluding carboxylic acids is 2. The number of amides is 2. The second-order valence-corrected chi connectivity index (χ2v) is 12.3. The van der Waals surface area contributed by atoms with Crippen LogP contribution in [0.5, 0.6) is 0 Å². The van der Waals surface area contributed by atoms with Gasteiger partial charge in [-0.25, -0.2) is 4.99 Å². The molecule has 0 fully saturated rings. The van der Waals surface area contributed by atoms with Crippen LogP contribution < -0.4 is 9.80 Å². The zero-order chi connectivity index (χ0) is 33.8. The van der Waals surface area contributed by atoms with Gasteiger partial charge in [-0.15, -0.1) is 0 Å². The molecule has 0 aliphatic carbocycles. The van der Waals surface area contributed by atoms with E-state index in [1.165, 1.54) is 0 Å². The van der Waals surface area contributed by atoms with Crippen LogP contribution in [0.25, 0.3) is 0 Å². The number of aryl methyl sites for hydroxylation is 8. The van der Waals surface area contributed by atoms with Crippen molar-refractivity contribution in [3.05, 3.63) is 165 Å². The number of nitrogens with zero attached hydrogens (tertiary/aromatic N) is 3. The van der Waals surface area contributed by atoms with Gasteiger partial charge in [-0.05, 0) is 101 Å². The molecule has 0 bridgehead atoms. The minimum Gasteiger partial charge on any atom is -0.268 e.